The van der Waals surface area contributed by atoms with Gasteiger partial charge in [-0.05, 0) is 6.42 Å². The van der Waals surface area contributed by atoms with E-state index in [1.54, 1.807) is 6.07 Å². The lowest BCUT2D eigenvalue weighted by Gasteiger charge is -2.24. The van der Waals surface area contributed by atoms with E-state index in [0.29, 0.717) is 4.90 Å². The van der Waals surface area contributed by atoms with Crippen molar-refractivity contribution < 1.29 is 23.1 Å². The minimum Gasteiger partial charge on any atom is -0.395 e. The highest BCUT2D eigenvalue weighted by molar-refractivity contribution is 5.81. The average Bonchev–Trinajstić information content (AvgIpc) is 2.17. The Bertz CT molecular complexity index is 273. The summed E-state index contributed by atoms with van der Waals surface area (Å²) in [5.74, 6) is -1.98. The van der Waals surface area contributed by atoms with E-state index in [-0.39, 0.29) is 6.42 Å². The van der Waals surface area contributed by atoms with E-state index in [9.17, 15) is 18.0 Å². The van der Waals surface area contributed by atoms with Crippen molar-refractivity contribution in [2.75, 3.05) is 19.7 Å². The van der Waals surface area contributed by atoms with Crippen LogP contribution in [0, 0.1) is 17.2 Å². The molecule has 0 saturated carbocycles. The smallest absolute Gasteiger partial charge is 0.395 e. The van der Waals surface area contributed by atoms with Crippen LogP contribution in [0.2, 0.25) is 0 Å². The molecule has 16 heavy (non-hydrogen) atoms. The van der Waals surface area contributed by atoms with Crippen LogP contribution in [0.3, 0.4) is 0 Å². The van der Waals surface area contributed by atoms with Gasteiger partial charge < -0.3 is 10.0 Å². The van der Waals surface area contributed by atoms with E-state index in [1.165, 1.54) is 6.92 Å². The number of aliphatic hydroxyl groups excluding tert-OH is 1. The molecule has 0 aliphatic rings. The highest BCUT2D eigenvalue weighted by atomic mass is 19.4. The number of aliphatic hydroxyl groups is 1. The van der Waals surface area contributed by atoms with Crippen molar-refractivity contribution in [3.63, 3.8) is 0 Å². The zero-order chi connectivity index (χ0) is 12.8. The van der Waals surface area contributed by atoms with Gasteiger partial charge in [0.15, 0.2) is 0 Å². The molecule has 92 valence electrons. The van der Waals surface area contributed by atoms with Crippen LogP contribution in [0.15, 0.2) is 0 Å². The van der Waals surface area contributed by atoms with Gasteiger partial charge >= 0.3 is 6.18 Å². The summed E-state index contributed by atoms with van der Waals surface area (Å²) in [6.45, 7) is -0.888. The number of amides is 1. The highest BCUT2D eigenvalue weighted by Gasteiger charge is 2.34. The number of carbonyl (C=O) groups is 1. The first-order valence-electron chi connectivity index (χ1n) is 4.71. The van der Waals surface area contributed by atoms with Gasteiger partial charge in [-0.15, -0.1) is 0 Å². The maximum atomic E-state index is 12.1. The lowest BCUT2D eigenvalue weighted by atomic mass is 10.1. The third-order valence-corrected chi connectivity index (χ3v) is 1.91. The Labute approximate surface area is 91.3 Å². The Balaban J connectivity index is 4.65. The molecule has 0 saturated heterocycles. The summed E-state index contributed by atoms with van der Waals surface area (Å²) in [4.78, 5) is 11.9. The molecule has 0 radical (unpaired) electrons. The summed E-state index contributed by atoms with van der Waals surface area (Å²) in [6, 6.07) is 1.64. The number of hydrogen-bond donors (Lipinski definition) is 1. The molecule has 1 atom stereocenters. The van der Waals surface area contributed by atoms with E-state index < -0.39 is 37.7 Å². The largest absolute Gasteiger partial charge is 0.406 e. The molecule has 4 nitrogen and oxygen atoms in total. The molecule has 1 unspecified atom stereocenters. The zero-order valence-corrected chi connectivity index (χ0v) is 8.79. The quantitative estimate of drug-likeness (QED) is 0.774. The molecular formula is C9H13F3N2O2. The van der Waals surface area contributed by atoms with Crippen molar-refractivity contribution in [2.24, 2.45) is 5.92 Å². The molecule has 7 heteroatoms. The number of hydrogen-bond acceptors (Lipinski definition) is 3. The second-order valence-corrected chi connectivity index (χ2v) is 3.19. The molecule has 0 aromatic carbocycles. The molecular weight excluding hydrogens is 225 g/mol. The van der Waals surface area contributed by atoms with Crippen LogP contribution in [-0.4, -0.2) is 41.8 Å². The number of carbonyl (C=O) groups excluding carboxylic acids is 1. The van der Waals surface area contributed by atoms with Gasteiger partial charge in [0.05, 0.1) is 12.7 Å². The average molecular weight is 238 g/mol. The van der Waals surface area contributed by atoms with Crippen molar-refractivity contribution in [1.29, 1.82) is 5.26 Å². The van der Waals surface area contributed by atoms with Crippen molar-refractivity contribution in [3.05, 3.63) is 0 Å². The maximum absolute atomic E-state index is 12.1. The standard InChI is InChI=1S/C9H13F3N2O2/c1-2-7(5-13)8(16)14(3-4-15)6-9(10,11)12/h7,15H,2-4,6H2,1H3. The fraction of sp³-hybridized carbons (Fsp3) is 0.778. The van der Waals surface area contributed by atoms with E-state index >= 15 is 0 Å². The molecule has 0 rings (SSSR count). The lowest BCUT2D eigenvalue weighted by Crippen LogP contribution is -2.43. The predicted molar refractivity (Wildman–Crippen MR) is 49.1 cm³/mol. The minimum atomic E-state index is -4.53. The van der Waals surface area contributed by atoms with Gasteiger partial charge in [-0.3, -0.25) is 4.79 Å². The summed E-state index contributed by atoms with van der Waals surface area (Å²) < 4.78 is 36.3. The van der Waals surface area contributed by atoms with Gasteiger partial charge in [0.1, 0.15) is 12.5 Å². The van der Waals surface area contributed by atoms with E-state index in [1.807, 2.05) is 0 Å². The van der Waals surface area contributed by atoms with Gasteiger partial charge in [0, 0.05) is 6.54 Å². The van der Waals surface area contributed by atoms with Gasteiger partial charge in [-0.25, -0.2) is 0 Å². The Morgan fingerprint density at radius 2 is 2.12 bits per heavy atom. The SMILES string of the molecule is CCC(C#N)C(=O)N(CCO)CC(F)(F)F. The van der Waals surface area contributed by atoms with Crippen LogP contribution in [-0.2, 0) is 4.79 Å². The summed E-state index contributed by atoms with van der Waals surface area (Å²) >= 11 is 0. The molecule has 0 aliphatic heterocycles. The third-order valence-electron chi connectivity index (χ3n) is 1.91. The molecule has 0 aliphatic carbocycles. The molecule has 0 fully saturated rings. The first-order valence-corrected chi connectivity index (χ1v) is 4.71. The van der Waals surface area contributed by atoms with Gasteiger partial charge in [-0.1, -0.05) is 6.92 Å². The monoisotopic (exact) mass is 238 g/mol. The summed E-state index contributed by atoms with van der Waals surface area (Å²) in [7, 11) is 0. The Morgan fingerprint density at radius 1 is 1.56 bits per heavy atom. The molecule has 1 amide bonds. The molecule has 0 bridgehead atoms. The summed E-state index contributed by atoms with van der Waals surface area (Å²) in [5.41, 5.74) is 0. The summed E-state index contributed by atoms with van der Waals surface area (Å²) in [5, 5.41) is 17.1. The van der Waals surface area contributed by atoms with Crippen LogP contribution in [0.5, 0.6) is 0 Å². The first kappa shape index (κ1) is 14.7. The Hall–Kier alpha value is -1.29. The van der Waals surface area contributed by atoms with Crippen LogP contribution >= 0.6 is 0 Å². The second kappa shape index (κ2) is 6.33. The first-order chi connectivity index (χ1) is 7.35. The van der Waals surface area contributed by atoms with Crippen LogP contribution in [0.4, 0.5) is 13.2 Å². The van der Waals surface area contributed by atoms with Crippen molar-refractivity contribution in [2.45, 2.75) is 19.5 Å². The number of halogens is 3. The minimum absolute atomic E-state index is 0.148. The fourth-order valence-electron chi connectivity index (χ4n) is 1.15. The maximum Gasteiger partial charge on any atom is 0.406 e. The lowest BCUT2D eigenvalue weighted by molar-refractivity contribution is -0.163. The Morgan fingerprint density at radius 3 is 2.44 bits per heavy atom. The Kier molecular flexibility index (Phi) is 5.82. The number of nitrogens with zero attached hydrogens (tertiary/aromatic N) is 2. The molecule has 0 aromatic rings. The number of alkyl halides is 3. The molecule has 0 heterocycles. The normalized spacial score (nSPS) is 13.0. The van der Waals surface area contributed by atoms with Crippen molar-refractivity contribution >= 4 is 5.91 Å². The highest BCUT2D eigenvalue weighted by Crippen LogP contribution is 2.18. The second-order valence-electron chi connectivity index (χ2n) is 3.19. The van der Waals surface area contributed by atoms with E-state index in [4.69, 9.17) is 10.4 Å². The zero-order valence-electron chi connectivity index (χ0n) is 8.79. The molecule has 1 N–H and O–H groups in total. The molecule has 0 aromatic heterocycles. The number of rotatable bonds is 5. The summed E-state index contributed by atoms with van der Waals surface area (Å²) in [6.07, 6.45) is -4.38. The van der Waals surface area contributed by atoms with Crippen LogP contribution in [0.1, 0.15) is 13.3 Å². The molecule has 0 spiro atoms. The fourth-order valence-corrected chi connectivity index (χ4v) is 1.15. The van der Waals surface area contributed by atoms with E-state index in [2.05, 4.69) is 0 Å². The van der Waals surface area contributed by atoms with E-state index in [0.717, 1.165) is 0 Å². The van der Waals surface area contributed by atoms with Gasteiger partial charge in [0.2, 0.25) is 5.91 Å². The topological polar surface area (TPSA) is 64.3 Å². The van der Waals surface area contributed by atoms with Crippen LogP contribution in [0.25, 0.3) is 0 Å². The van der Waals surface area contributed by atoms with Crippen molar-refractivity contribution in [3.8, 4) is 6.07 Å². The van der Waals surface area contributed by atoms with Gasteiger partial charge in [0.25, 0.3) is 0 Å². The van der Waals surface area contributed by atoms with Crippen LogP contribution < -0.4 is 0 Å². The van der Waals surface area contributed by atoms with Gasteiger partial charge in [-0.2, -0.15) is 18.4 Å². The number of nitriles is 1. The van der Waals surface area contributed by atoms with Crippen molar-refractivity contribution in [1.82, 2.24) is 4.90 Å². The third kappa shape index (κ3) is 4.98. The predicted octanol–water partition coefficient (Wildman–Crippen LogP) is 0.919.